The number of morpholine rings is 1. The Hall–Kier alpha value is -1.10. The first-order valence-electron chi connectivity index (χ1n) is 4.23. The normalized spacial score (nSPS) is 28.2. The molecular formula is C8H13NO4. The SMILES string of the molecule is CCCC1(C(=O)O)COCC(=O)N1. The van der Waals surface area contributed by atoms with Crippen LogP contribution in [0.1, 0.15) is 19.8 Å². The van der Waals surface area contributed by atoms with Crippen LogP contribution in [-0.4, -0.2) is 35.7 Å². The molecule has 1 aliphatic rings. The van der Waals surface area contributed by atoms with Crippen LogP contribution in [0.25, 0.3) is 0 Å². The summed E-state index contributed by atoms with van der Waals surface area (Å²) < 4.78 is 4.92. The second-order valence-corrected chi connectivity index (χ2v) is 3.18. The van der Waals surface area contributed by atoms with Crippen molar-refractivity contribution in [1.29, 1.82) is 0 Å². The van der Waals surface area contributed by atoms with E-state index in [1.165, 1.54) is 0 Å². The largest absolute Gasteiger partial charge is 0.479 e. The van der Waals surface area contributed by atoms with Crippen molar-refractivity contribution in [2.75, 3.05) is 13.2 Å². The lowest BCUT2D eigenvalue weighted by Gasteiger charge is -2.33. The van der Waals surface area contributed by atoms with Crippen LogP contribution in [0.5, 0.6) is 0 Å². The number of carbonyl (C=O) groups is 2. The first kappa shape index (κ1) is 9.98. The molecule has 0 spiro atoms. The fraction of sp³-hybridized carbons (Fsp3) is 0.750. The second kappa shape index (κ2) is 3.74. The summed E-state index contributed by atoms with van der Waals surface area (Å²) in [5, 5.41) is 11.4. The van der Waals surface area contributed by atoms with Crippen LogP contribution in [-0.2, 0) is 14.3 Å². The number of carboxylic acid groups (broad SMARTS) is 1. The van der Waals surface area contributed by atoms with E-state index in [1.807, 2.05) is 6.92 Å². The van der Waals surface area contributed by atoms with Gasteiger partial charge in [-0.15, -0.1) is 0 Å². The third-order valence-electron chi connectivity index (χ3n) is 2.05. The molecule has 5 heteroatoms. The van der Waals surface area contributed by atoms with Gasteiger partial charge in [0.2, 0.25) is 5.91 Å². The number of nitrogens with one attached hydrogen (secondary N) is 1. The molecule has 1 unspecified atom stereocenters. The number of hydrogen-bond donors (Lipinski definition) is 2. The highest BCUT2D eigenvalue weighted by atomic mass is 16.5. The monoisotopic (exact) mass is 187 g/mol. The Labute approximate surface area is 76.1 Å². The van der Waals surface area contributed by atoms with Gasteiger partial charge < -0.3 is 15.2 Å². The van der Waals surface area contributed by atoms with E-state index in [0.717, 1.165) is 0 Å². The van der Waals surface area contributed by atoms with E-state index in [9.17, 15) is 9.59 Å². The zero-order chi connectivity index (χ0) is 9.90. The van der Waals surface area contributed by atoms with Crippen LogP contribution in [0.4, 0.5) is 0 Å². The average molecular weight is 187 g/mol. The van der Waals surface area contributed by atoms with Gasteiger partial charge >= 0.3 is 5.97 Å². The third kappa shape index (κ3) is 1.98. The molecule has 1 atom stereocenters. The molecule has 1 heterocycles. The molecule has 0 aromatic carbocycles. The fourth-order valence-corrected chi connectivity index (χ4v) is 1.44. The Morgan fingerprint density at radius 1 is 1.77 bits per heavy atom. The van der Waals surface area contributed by atoms with Gasteiger partial charge in [0.15, 0.2) is 5.54 Å². The van der Waals surface area contributed by atoms with Crippen molar-refractivity contribution in [1.82, 2.24) is 5.32 Å². The molecule has 1 fully saturated rings. The molecule has 1 saturated heterocycles. The summed E-state index contributed by atoms with van der Waals surface area (Å²) in [6.45, 7) is 1.88. The standard InChI is InChI=1S/C8H13NO4/c1-2-3-8(7(11)12)5-13-4-6(10)9-8/h2-5H2,1H3,(H,9,10)(H,11,12). The van der Waals surface area contributed by atoms with Crippen molar-refractivity contribution in [3.63, 3.8) is 0 Å². The fourth-order valence-electron chi connectivity index (χ4n) is 1.44. The zero-order valence-corrected chi connectivity index (χ0v) is 7.50. The summed E-state index contributed by atoms with van der Waals surface area (Å²) in [4.78, 5) is 21.9. The summed E-state index contributed by atoms with van der Waals surface area (Å²) in [5.74, 6) is -1.38. The molecule has 0 radical (unpaired) electrons. The van der Waals surface area contributed by atoms with Crippen molar-refractivity contribution in [2.24, 2.45) is 0 Å². The van der Waals surface area contributed by atoms with E-state index in [2.05, 4.69) is 5.32 Å². The Morgan fingerprint density at radius 2 is 2.46 bits per heavy atom. The molecule has 0 aromatic heterocycles. The van der Waals surface area contributed by atoms with Gasteiger partial charge in [0.05, 0.1) is 6.61 Å². The summed E-state index contributed by atoms with van der Waals surface area (Å²) in [5.41, 5.74) is -1.20. The van der Waals surface area contributed by atoms with Crippen molar-refractivity contribution in [3.05, 3.63) is 0 Å². The third-order valence-corrected chi connectivity index (χ3v) is 2.05. The van der Waals surface area contributed by atoms with Gasteiger partial charge in [-0.05, 0) is 6.42 Å². The van der Waals surface area contributed by atoms with Crippen LogP contribution < -0.4 is 5.32 Å². The average Bonchev–Trinajstić information content (AvgIpc) is 2.04. The molecule has 0 bridgehead atoms. The molecule has 13 heavy (non-hydrogen) atoms. The first-order chi connectivity index (χ1) is 6.10. The van der Waals surface area contributed by atoms with E-state index in [-0.39, 0.29) is 19.1 Å². The molecule has 2 N–H and O–H groups in total. The maximum atomic E-state index is 11.0. The van der Waals surface area contributed by atoms with E-state index in [0.29, 0.717) is 12.8 Å². The number of ether oxygens (including phenoxy) is 1. The molecule has 1 aliphatic heterocycles. The van der Waals surface area contributed by atoms with Gasteiger partial charge in [-0.25, -0.2) is 4.79 Å². The number of carbonyl (C=O) groups excluding carboxylic acids is 1. The molecule has 1 rings (SSSR count). The number of amides is 1. The number of hydrogen-bond acceptors (Lipinski definition) is 3. The van der Waals surface area contributed by atoms with Gasteiger partial charge in [-0.3, -0.25) is 4.79 Å². The smallest absolute Gasteiger partial charge is 0.331 e. The minimum Gasteiger partial charge on any atom is -0.479 e. The highest BCUT2D eigenvalue weighted by Gasteiger charge is 2.42. The zero-order valence-electron chi connectivity index (χ0n) is 7.50. The Bertz CT molecular complexity index is 224. The van der Waals surface area contributed by atoms with Crippen molar-refractivity contribution in [3.8, 4) is 0 Å². The maximum Gasteiger partial charge on any atom is 0.331 e. The lowest BCUT2D eigenvalue weighted by atomic mass is 9.94. The lowest BCUT2D eigenvalue weighted by molar-refractivity contribution is -0.157. The van der Waals surface area contributed by atoms with Crippen molar-refractivity contribution in [2.45, 2.75) is 25.3 Å². The van der Waals surface area contributed by atoms with E-state index < -0.39 is 11.5 Å². The minimum absolute atomic E-state index is 0.0429. The minimum atomic E-state index is -1.20. The number of aliphatic carboxylic acids is 1. The van der Waals surface area contributed by atoms with Crippen LogP contribution in [0.2, 0.25) is 0 Å². The van der Waals surface area contributed by atoms with E-state index in [1.54, 1.807) is 0 Å². The van der Waals surface area contributed by atoms with Gasteiger partial charge in [0.25, 0.3) is 0 Å². The van der Waals surface area contributed by atoms with Crippen LogP contribution in [0, 0.1) is 0 Å². The van der Waals surface area contributed by atoms with Crippen LogP contribution in [0.15, 0.2) is 0 Å². The van der Waals surface area contributed by atoms with Crippen molar-refractivity contribution >= 4 is 11.9 Å². The molecule has 0 aliphatic carbocycles. The van der Waals surface area contributed by atoms with Crippen molar-refractivity contribution < 1.29 is 19.4 Å². The highest BCUT2D eigenvalue weighted by molar-refractivity contribution is 5.88. The lowest BCUT2D eigenvalue weighted by Crippen LogP contribution is -2.61. The summed E-state index contributed by atoms with van der Waals surface area (Å²) in [6.07, 6.45) is 1.09. The van der Waals surface area contributed by atoms with Gasteiger partial charge in [-0.1, -0.05) is 13.3 Å². The quantitative estimate of drug-likeness (QED) is 0.639. The Balaban J connectivity index is 2.76. The predicted molar refractivity (Wildman–Crippen MR) is 44.2 cm³/mol. The molecule has 1 amide bonds. The summed E-state index contributed by atoms with van der Waals surface area (Å²) in [7, 11) is 0. The number of rotatable bonds is 3. The van der Waals surface area contributed by atoms with Gasteiger partial charge in [0.1, 0.15) is 6.61 Å². The van der Waals surface area contributed by atoms with E-state index >= 15 is 0 Å². The summed E-state index contributed by atoms with van der Waals surface area (Å²) >= 11 is 0. The highest BCUT2D eigenvalue weighted by Crippen LogP contribution is 2.17. The molecular weight excluding hydrogens is 174 g/mol. The number of carboxylic acids is 1. The Kier molecular flexibility index (Phi) is 2.87. The molecule has 74 valence electrons. The van der Waals surface area contributed by atoms with Crippen LogP contribution in [0.3, 0.4) is 0 Å². The molecule has 0 aromatic rings. The molecule has 5 nitrogen and oxygen atoms in total. The maximum absolute atomic E-state index is 11.0. The summed E-state index contributed by atoms with van der Waals surface area (Å²) in [6, 6.07) is 0. The van der Waals surface area contributed by atoms with Gasteiger partial charge in [-0.2, -0.15) is 0 Å². The van der Waals surface area contributed by atoms with Crippen LogP contribution >= 0.6 is 0 Å². The first-order valence-corrected chi connectivity index (χ1v) is 4.23. The predicted octanol–water partition coefficient (Wildman–Crippen LogP) is -0.244. The molecule has 0 saturated carbocycles. The van der Waals surface area contributed by atoms with Gasteiger partial charge in [0, 0.05) is 0 Å². The van der Waals surface area contributed by atoms with E-state index in [4.69, 9.17) is 9.84 Å². The Morgan fingerprint density at radius 3 is 2.92 bits per heavy atom. The topological polar surface area (TPSA) is 75.6 Å². The second-order valence-electron chi connectivity index (χ2n) is 3.18.